The minimum Gasteiger partial charge on any atom is -0.380 e. The maximum absolute atomic E-state index is 11.9. The molecule has 0 aliphatic heterocycles. The molecule has 0 aromatic carbocycles. The molecule has 1 atom stereocenters. The third-order valence-corrected chi connectivity index (χ3v) is 3.60. The number of thiazole rings is 1. The molecule has 5 nitrogen and oxygen atoms in total. The zero-order valence-electron chi connectivity index (χ0n) is 12.4. The molecule has 0 saturated carbocycles. The average Bonchev–Trinajstić information content (AvgIpc) is 2.65. The lowest BCUT2D eigenvalue weighted by molar-refractivity contribution is -0.118. The Kier molecular flexibility index (Phi) is 8.96. The first-order chi connectivity index (χ1) is 8.96. The van der Waals surface area contributed by atoms with Gasteiger partial charge in [-0.05, 0) is 19.3 Å². The van der Waals surface area contributed by atoms with Crippen LogP contribution in [0.1, 0.15) is 31.0 Å². The number of nitrogens with two attached hydrogens (primary N) is 1. The Morgan fingerprint density at radius 1 is 1.50 bits per heavy atom. The van der Waals surface area contributed by atoms with Gasteiger partial charge in [-0.3, -0.25) is 4.79 Å². The Labute approximate surface area is 130 Å². The van der Waals surface area contributed by atoms with Gasteiger partial charge >= 0.3 is 0 Å². The predicted octanol–water partition coefficient (Wildman–Crippen LogP) is 2.37. The Morgan fingerprint density at radius 2 is 2.15 bits per heavy atom. The van der Waals surface area contributed by atoms with E-state index in [1.54, 1.807) is 7.11 Å². The molecule has 1 heterocycles. The molecule has 0 fully saturated rings. The molecule has 0 aliphatic rings. The molecule has 116 valence electrons. The van der Waals surface area contributed by atoms with Crippen LogP contribution in [0.3, 0.4) is 0 Å². The van der Waals surface area contributed by atoms with Crippen LogP contribution in [0.2, 0.25) is 0 Å². The number of hydrogen-bond acceptors (Lipinski definition) is 5. The first kappa shape index (κ1) is 19.3. The Morgan fingerprint density at radius 3 is 2.65 bits per heavy atom. The molecular formula is C13H24ClN3O2S. The van der Waals surface area contributed by atoms with E-state index >= 15 is 0 Å². The van der Waals surface area contributed by atoms with Gasteiger partial charge in [0.2, 0.25) is 5.91 Å². The molecule has 20 heavy (non-hydrogen) atoms. The highest BCUT2D eigenvalue weighted by molar-refractivity contribution is 7.16. The van der Waals surface area contributed by atoms with E-state index in [4.69, 9.17) is 10.5 Å². The van der Waals surface area contributed by atoms with Crippen molar-refractivity contribution in [2.45, 2.75) is 39.7 Å². The van der Waals surface area contributed by atoms with Gasteiger partial charge in [-0.2, -0.15) is 0 Å². The summed E-state index contributed by atoms with van der Waals surface area (Å²) in [5.41, 5.74) is 6.48. The summed E-state index contributed by atoms with van der Waals surface area (Å²) in [5.74, 6) is 0.430. The Hall–Kier alpha value is -0.690. The van der Waals surface area contributed by atoms with Crippen molar-refractivity contribution in [1.82, 2.24) is 4.98 Å². The van der Waals surface area contributed by atoms with E-state index in [0.29, 0.717) is 12.5 Å². The SMILES string of the molecule is COC(CN)CC(=O)Nc1sc(C)nc1CC(C)C.Cl. The van der Waals surface area contributed by atoms with Gasteiger partial charge in [0.05, 0.1) is 23.2 Å². The lowest BCUT2D eigenvalue weighted by Gasteiger charge is -2.12. The molecule has 0 bridgehead atoms. The number of hydrogen-bond donors (Lipinski definition) is 2. The van der Waals surface area contributed by atoms with Crippen molar-refractivity contribution < 1.29 is 9.53 Å². The highest BCUT2D eigenvalue weighted by Gasteiger charge is 2.16. The van der Waals surface area contributed by atoms with Crippen molar-refractivity contribution >= 4 is 34.7 Å². The van der Waals surface area contributed by atoms with Crippen molar-refractivity contribution in [2.75, 3.05) is 19.0 Å². The van der Waals surface area contributed by atoms with Crippen molar-refractivity contribution in [3.05, 3.63) is 10.7 Å². The highest BCUT2D eigenvalue weighted by atomic mass is 35.5. The topological polar surface area (TPSA) is 77.2 Å². The van der Waals surface area contributed by atoms with Crippen LogP contribution in [0, 0.1) is 12.8 Å². The molecule has 1 aromatic heterocycles. The monoisotopic (exact) mass is 321 g/mol. The smallest absolute Gasteiger partial charge is 0.227 e. The van der Waals surface area contributed by atoms with E-state index < -0.39 is 0 Å². The number of ether oxygens (including phenoxy) is 1. The van der Waals surface area contributed by atoms with Gasteiger partial charge in [0, 0.05) is 13.7 Å². The molecule has 0 spiro atoms. The number of nitrogens with zero attached hydrogens (tertiary/aromatic N) is 1. The van der Waals surface area contributed by atoms with Crippen molar-refractivity contribution in [3.8, 4) is 0 Å². The summed E-state index contributed by atoms with van der Waals surface area (Å²) < 4.78 is 5.11. The first-order valence-corrected chi connectivity index (χ1v) is 7.26. The minimum absolute atomic E-state index is 0. The molecule has 1 aromatic rings. The zero-order chi connectivity index (χ0) is 14.4. The lowest BCUT2D eigenvalue weighted by Crippen LogP contribution is -2.28. The number of carbonyl (C=O) groups is 1. The van der Waals surface area contributed by atoms with Gasteiger partial charge < -0.3 is 15.8 Å². The van der Waals surface area contributed by atoms with Crippen LogP contribution in [0.5, 0.6) is 0 Å². The number of carbonyl (C=O) groups excluding carboxylic acids is 1. The van der Waals surface area contributed by atoms with E-state index in [9.17, 15) is 4.79 Å². The van der Waals surface area contributed by atoms with E-state index in [1.165, 1.54) is 11.3 Å². The van der Waals surface area contributed by atoms with Crippen LogP contribution in [0.25, 0.3) is 0 Å². The largest absolute Gasteiger partial charge is 0.380 e. The van der Waals surface area contributed by atoms with Crippen molar-refractivity contribution in [1.29, 1.82) is 0 Å². The summed E-state index contributed by atoms with van der Waals surface area (Å²) in [6, 6.07) is 0. The normalized spacial score (nSPS) is 12.1. The summed E-state index contributed by atoms with van der Waals surface area (Å²) in [7, 11) is 1.56. The summed E-state index contributed by atoms with van der Waals surface area (Å²) >= 11 is 1.51. The van der Waals surface area contributed by atoms with Crippen LogP contribution < -0.4 is 11.1 Å². The molecule has 1 unspecified atom stereocenters. The molecule has 0 saturated heterocycles. The molecule has 3 N–H and O–H groups in total. The Balaban J connectivity index is 0.00000361. The standard InChI is InChI=1S/C13H23N3O2S.ClH/c1-8(2)5-11-13(19-9(3)15-11)16-12(17)6-10(7-14)18-4;/h8,10H,5-7,14H2,1-4H3,(H,16,17);1H. The van der Waals surface area contributed by atoms with Crippen LogP contribution in [-0.4, -0.2) is 30.6 Å². The number of amides is 1. The van der Waals surface area contributed by atoms with E-state index in [0.717, 1.165) is 22.1 Å². The van der Waals surface area contributed by atoms with Gasteiger partial charge in [0.1, 0.15) is 5.00 Å². The number of nitrogens with one attached hydrogen (secondary N) is 1. The van der Waals surface area contributed by atoms with Crippen LogP contribution >= 0.6 is 23.7 Å². The highest BCUT2D eigenvalue weighted by Crippen LogP contribution is 2.26. The molecule has 0 aliphatic carbocycles. The summed E-state index contributed by atoms with van der Waals surface area (Å²) in [5, 5.41) is 4.73. The quantitative estimate of drug-likeness (QED) is 0.808. The van der Waals surface area contributed by atoms with Crippen LogP contribution in [0.4, 0.5) is 5.00 Å². The van der Waals surface area contributed by atoms with Gasteiger partial charge in [-0.15, -0.1) is 23.7 Å². The number of aromatic nitrogens is 1. The van der Waals surface area contributed by atoms with Crippen molar-refractivity contribution in [2.24, 2.45) is 11.7 Å². The number of halogens is 1. The average molecular weight is 322 g/mol. The maximum atomic E-state index is 11.9. The number of aryl methyl sites for hydroxylation is 1. The molecule has 7 heteroatoms. The molecule has 0 radical (unpaired) electrons. The number of anilines is 1. The fourth-order valence-corrected chi connectivity index (χ4v) is 2.60. The maximum Gasteiger partial charge on any atom is 0.227 e. The second kappa shape index (κ2) is 9.28. The van der Waals surface area contributed by atoms with Gasteiger partial charge in [0.25, 0.3) is 0 Å². The van der Waals surface area contributed by atoms with E-state index in [2.05, 4.69) is 24.1 Å². The molecular weight excluding hydrogens is 298 g/mol. The van der Waals surface area contributed by atoms with E-state index in [-0.39, 0.29) is 30.8 Å². The van der Waals surface area contributed by atoms with Gasteiger partial charge in [0.15, 0.2) is 0 Å². The number of rotatable bonds is 7. The lowest BCUT2D eigenvalue weighted by atomic mass is 10.1. The fraction of sp³-hybridized carbons (Fsp3) is 0.692. The minimum atomic E-state index is -0.234. The van der Waals surface area contributed by atoms with Crippen LogP contribution in [0.15, 0.2) is 0 Å². The van der Waals surface area contributed by atoms with Crippen molar-refractivity contribution in [3.63, 3.8) is 0 Å². The van der Waals surface area contributed by atoms with Gasteiger partial charge in [-0.25, -0.2) is 4.98 Å². The number of methoxy groups -OCH3 is 1. The zero-order valence-corrected chi connectivity index (χ0v) is 14.1. The summed E-state index contributed by atoms with van der Waals surface area (Å²) in [4.78, 5) is 16.4. The predicted molar refractivity (Wildman–Crippen MR) is 85.7 cm³/mol. The van der Waals surface area contributed by atoms with Crippen LogP contribution in [-0.2, 0) is 16.0 Å². The third kappa shape index (κ3) is 6.17. The first-order valence-electron chi connectivity index (χ1n) is 6.45. The van der Waals surface area contributed by atoms with Gasteiger partial charge in [-0.1, -0.05) is 13.8 Å². The summed E-state index contributed by atoms with van der Waals surface area (Å²) in [6.45, 7) is 6.55. The second-order valence-corrected chi connectivity index (χ2v) is 6.16. The molecule has 1 amide bonds. The van der Waals surface area contributed by atoms with E-state index in [1.807, 2.05) is 6.92 Å². The Bertz CT molecular complexity index is 420. The fourth-order valence-electron chi connectivity index (χ4n) is 1.74. The third-order valence-electron chi connectivity index (χ3n) is 2.67. The molecule has 1 rings (SSSR count). The second-order valence-electron chi connectivity index (χ2n) is 4.95. The summed E-state index contributed by atoms with van der Waals surface area (Å²) in [6.07, 6.45) is 0.901.